The highest BCUT2D eigenvalue weighted by Gasteiger charge is 2.22. The Morgan fingerprint density at radius 1 is 1.16 bits per heavy atom. The molecule has 3 rings (SSSR count). The van der Waals surface area contributed by atoms with Crippen molar-refractivity contribution in [3.63, 3.8) is 0 Å². The van der Waals surface area contributed by atoms with Gasteiger partial charge in [0.05, 0.1) is 25.0 Å². The molecule has 0 saturated heterocycles. The Bertz CT molecular complexity index is 1080. The molecule has 1 unspecified atom stereocenters. The molecule has 164 valence electrons. The largest absolute Gasteiger partial charge is 0.463 e. The van der Waals surface area contributed by atoms with E-state index in [9.17, 15) is 9.59 Å². The van der Waals surface area contributed by atoms with Crippen LogP contribution < -0.4 is 5.32 Å². The van der Waals surface area contributed by atoms with Crippen LogP contribution in [0.25, 0.3) is 5.78 Å². The van der Waals surface area contributed by atoms with E-state index in [-0.39, 0.29) is 30.8 Å². The lowest BCUT2D eigenvalue weighted by Gasteiger charge is -2.20. The first-order valence-electron chi connectivity index (χ1n) is 10.1. The molecule has 0 bridgehead atoms. The standard InChI is InChI=1S/C22H27N5O3S/c1-13(2)30-20(29)12-18(16-9-7-6-8-10-16)24-19(28)11-17-14(3)23-21-25-22(31-5)26-27(21)15(17)4/h6-10,13,18H,11-12H2,1-5H3,(H,24,28). The second kappa shape index (κ2) is 9.91. The molecule has 1 N–H and O–H groups in total. The number of fused-ring (bicyclic) bond motifs is 1. The average molecular weight is 442 g/mol. The Hall–Kier alpha value is -2.94. The predicted molar refractivity (Wildman–Crippen MR) is 119 cm³/mol. The third-order valence-corrected chi connectivity index (χ3v) is 5.36. The summed E-state index contributed by atoms with van der Waals surface area (Å²) in [5.74, 6) is -0.0438. The third-order valence-electron chi connectivity index (χ3n) is 4.82. The van der Waals surface area contributed by atoms with E-state index in [1.807, 2.05) is 50.4 Å². The molecule has 0 aliphatic heterocycles. The lowest BCUT2D eigenvalue weighted by atomic mass is 10.0. The van der Waals surface area contributed by atoms with Crippen molar-refractivity contribution in [2.75, 3.05) is 6.26 Å². The Morgan fingerprint density at radius 2 is 1.87 bits per heavy atom. The van der Waals surface area contributed by atoms with Gasteiger partial charge in [-0.15, -0.1) is 5.10 Å². The maximum atomic E-state index is 13.0. The number of thioether (sulfide) groups is 1. The fourth-order valence-corrected chi connectivity index (χ4v) is 3.69. The maximum absolute atomic E-state index is 13.0. The lowest BCUT2D eigenvalue weighted by molar-refractivity contribution is -0.148. The van der Waals surface area contributed by atoms with Gasteiger partial charge in [-0.25, -0.2) is 9.50 Å². The predicted octanol–water partition coefficient (Wildman–Crippen LogP) is 3.20. The van der Waals surface area contributed by atoms with Gasteiger partial charge in [0.15, 0.2) is 0 Å². The van der Waals surface area contributed by atoms with Crippen molar-refractivity contribution >= 4 is 29.4 Å². The van der Waals surface area contributed by atoms with E-state index in [2.05, 4.69) is 20.4 Å². The fourth-order valence-electron chi connectivity index (χ4n) is 3.35. The maximum Gasteiger partial charge on any atom is 0.308 e. The first kappa shape index (κ1) is 22.7. The molecule has 1 amide bonds. The van der Waals surface area contributed by atoms with Crippen LogP contribution in [0.4, 0.5) is 0 Å². The van der Waals surface area contributed by atoms with Crippen LogP contribution in [-0.4, -0.2) is 43.8 Å². The van der Waals surface area contributed by atoms with Crippen LogP contribution in [0.2, 0.25) is 0 Å². The van der Waals surface area contributed by atoms with Crippen LogP contribution in [0.5, 0.6) is 0 Å². The molecule has 1 atom stereocenters. The van der Waals surface area contributed by atoms with Crippen LogP contribution >= 0.6 is 11.8 Å². The Labute approximate surface area is 185 Å². The van der Waals surface area contributed by atoms with Crippen molar-refractivity contribution in [2.24, 2.45) is 0 Å². The molecular formula is C22H27N5O3S. The van der Waals surface area contributed by atoms with Gasteiger partial charge in [-0.1, -0.05) is 42.1 Å². The van der Waals surface area contributed by atoms with Gasteiger partial charge < -0.3 is 10.1 Å². The Kier molecular flexibility index (Phi) is 7.27. The Balaban J connectivity index is 1.81. The SMILES string of the molecule is CSc1nc2nc(C)c(CC(=O)NC(CC(=O)OC(C)C)c3ccccc3)c(C)n2n1. The number of rotatable bonds is 8. The van der Waals surface area contributed by atoms with E-state index in [0.29, 0.717) is 10.9 Å². The zero-order valence-electron chi connectivity index (χ0n) is 18.4. The number of hydrogen-bond acceptors (Lipinski definition) is 7. The molecule has 8 nitrogen and oxygen atoms in total. The zero-order chi connectivity index (χ0) is 22.5. The van der Waals surface area contributed by atoms with Gasteiger partial charge in [0.1, 0.15) is 0 Å². The smallest absolute Gasteiger partial charge is 0.308 e. The fraction of sp³-hybridized carbons (Fsp3) is 0.409. The molecule has 0 radical (unpaired) electrons. The van der Waals surface area contributed by atoms with Crippen molar-refractivity contribution in [1.29, 1.82) is 0 Å². The summed E-state index contributed by atoms with van der Waals surface area (Å²) < 4.78 is 6.94. The molecule has 0 fully saturated rings. The molecule has 2 heterocycles. The molecule has 0 aliphatic rings. The lowest BCUT2D eigenvalue weighted by Crippen LogP contribution is -2.32. The summed E-state index contributed by atoms with van der Waals surface area (Å²) in [6.07, 6.45) is 1.87. The molecular weight excluding hydrogens is 414 g/mol. The third kappa shape index (κ3) is 5.61. The van der Waals surface area contributed by atoms with Gasteiger partial charge in [-0.3, -0.25) is 9.59 Å². The summed E-state index contributed by atoms with van der Waals surface area (Å²) >= 11 is 1.44. The molecule has 31 heavy (non-hydrogen) atoms. The number of aryl methyl sites for hydroxylation is 2. The number of ether oxygens (including phenoxy) is 1. The highest BCUT2D eigenvalue weighted by Crippen LogP contribution is 2.20. The van der Waals surface area contributed by atoms with Gasteiger partial charge in [0, 0.05) is 17.0 Å². The summed E-state index contributed by atoms with van der Waals surface area (Å²) in [5, 5.41) is 8.05. The summed E-state index contributed by atoms with van der Waals surface area (Å²) in [4.78, 5) is 34.1. The van der Waals surface area contributed by atoms with E-state index in [0.717, 1.165) is 22.5 Å². The number of aromatic nitrogens is 4. The molecule has 0 saturated carbocycles. The molecule has 0 spiro atoms. The van der Waals surface area contributed by atoms with Crippen molar-refractivity contribution in [3.8, 4) is 0 Å². The molecule has 0 aliphatic carbocycles. The number of amides is 1. The second-order valence-corrected chi connectivity index (χ2v) is 8.30. The van der Waals surface area contributed by atoms with Gasteiger partial charge in [-0.2, -0.15) is 4.98 Å². The van der Waals surface area contributed by atoms with Crippen LogP contribution in [-0.2, 0) is 20.7 Å². The van der Waals surface area contributed by atoms with E-state index < -0.39 is 6.04 Å². The van der Waals surface area contributed by atoms with Crippen LogP contribution in [0, 0.1) is 13.8 Å². The molecule has 3 aromatic rings. The van der Waals surface area contributed by atoms with Gasteiger partial charge >= 0.3 is 5.97 Å². The minimum atomic E-state index is -0.480. The highest BCUT2D eigenvalue weighted by atomic mass is 32.2. The summed E-state index contributed by atoms with van der Waals surface area (Å²) in [6.45, 7) is 7.36. The number of carbonyl (C=O) groups is 2. The van der Waals surface area contributed by atoms with Gasteiger partial charge in [0.25, 0.3) is 5.78 Å². The van der Waals surface area contributed by atoms with Crippen molar-refractivity contribution in [2.45, 2.75) is 57.8 Å². The minimum Gasteiger partial charge on any atom is -0.463 e. The van der Waals surface area contributed by atoms with Crippen LogP contribution in [0.1, 0.15) is 48.8 Å². The normalized spacial score (nSPS) is 12.2. The van der Waals surface area contributed by atoms with E-state index in [1.54, 1.807) is 18.4 Å². The molecule has 9 heteroatoms. The quantitative estimate of drug-likeness (QED) is 0.423. The number of hydrogen-bond donors (Lipinski definition) is 1. The van der Waals surface area contributed by atoms with Crippen LogP contribution in [0.3, 0.4) is 0 Å². The summed E-state index contributed by atoms with van der Waals surface area (Å²) in [7, 11) is 0. The van der Waals surface area contributed by atoms with Crippen molar-refractivity contribution in [3.05, 3.63) is 52.8 Å². The second-order valence-electron chi connectivity index (χ2n) is 7.52. The first-order chi connectivity index (χ1) is 14.8. The average Bonchev–Trinajstić information content (AvgIpc) is 3.14. The first-order valence-corrected chi connectivity index (χ1v) is 11.3. The van der Waals surface area contributed by atoms with E-state index >= 15 is 0 Å². The summed E-state index contributed by atoms with van der Waals surface area (Å²) in [6, 6.07) is 8.94. The van der Waals surface area contributed by atoms with Crippen molar-refractivity contribution in [1.82, 2.24) is 24.9 Å². The highest BCUT2D eigenvalue weighted by molar-refractivity contribution is 7.98. The monoisotopic (exact) mass is 441 g/mol. The molecule has 2 aromatic heterocycles. The number of nitrogens with one attached hydrogen (secondary N) is 1. The summed E-state index contributed by atoms with van der Waals surface area (Å²) in [5.41, 5.74) is 3.19. The van der Waals surface area contributed by atoms with Gasteiger partial charge in [-0.05, 0) is 39.5 Å². The minimum absolute atomic E-state index is 0.0589. The van der Waals surface area contributed by atoms with Crippen molar-refractivity contribution < 1.29 is 14.3 Å². The number of carbonyl (C=O) groups excluding carboxylic acids is 2. The van der Waals surface area contributed by atoms with Crippen LogP contribution in [0.15, 0.2) is 35.5 Å². The Morgan fingerprint density at radius 3 is 2.52 bits per heavy atom. The van der Waals surface area contributed by atoms with E-state index in [1.165, 1.54) is 11.8 Å². The zero-order valence-corrected chi connectivity index (χ0v) is 19.2. The van der Waals surface area contributed by atoms with E-state index in [4.69, 9.17) is 4.74 Å². The molecule has 1 aromatic carbocycles. The number of nitrogens with zero attached hydrogens (tertiary/aromatic N) is 4. The topological polar surface area (TPSA) is 98.5 Å². The number of esters is 1. The van der Waals surface area contributed by atoms with Gasteiger partial charge in [0.2, 0.25) is 11.1 Å². The number of benzene rings is 1.